The second kappa shape index (κ2) is 5.49. The maximum absolute atomic E-state index is 11.8. The van der Waals surface area contributed by atoms with Gasteiger partial charge in [0.2, 0.25) is 0 Å². The largest absolute Gasteiger partial charge is 0.461 e. The number of esters is 1. The van der Waals surface area contributed by atoms with Crippen molar-refractivity contribution >= 4 is 28.5 Å². The van der Waals surface area contributed by atoms with Crippen LogP contribution in [0, 0.1) is 0 Å². The molecule has 1 aromatic carbocycles. The van der Waals surface area contributed by atoms with Crippen LogP contribution in [0.5, 0.6) is 0 Å². The Labute approximate surface area is 125 Å². The molecule has 0 spiro atoms. The van der Waals surface area contributed by atoms with Crippen molar-refractivity contribution in [2.75, 3.05) is 6.61 Å². The Morgan fingerprint density at radius 3 is 2.95 bits per heavy atom. The highest BCUT2D eigenvalue weighted by atomic mass is 35.5. The number of hydrogen-bond acceptors (Lipinski definition) is 5. The Kier molecular flexibility index (Phi) is 3.53. The van der Waals surface area contributed by atoms with E-state index in [0.717, 1.165) is 10.9 Å². The summed E-state index contributed by atoms with van der Waals surface area (Å²) in [6, 6.07) is 9.02. The molecule has 3 rings (SSSR count). The smallest absolute Gasteiger partial charge is 0.361 e. The molecule has 0 fully saturated rings. The number of carbonyl (C=O) groups excluding carboxylic acids is 1. The summed E-state index contributed by atoms with van der Waals surface area (Å²) in [6.45, 7) is 2.00. The van der Waals surface area contributed by atoms with Crippen LogP contribution in [0.4, 0.5) is 0 Å². The Bertz CT molecular complexity index is 816. The average Bonchev–Trinajstić information content (AvgIpc) is 2.96. The van der Waals surface area contributed by atoms with Crippen molar-refractivity contribution in [2.45, 2.75) is 6.92 Å². The van der Waals surface area contributed by atoms with Gasteiger partial charge in [-0.1, -0.05) is 17.7 Å². The SMILES string of the molecule is CCOC(=O)c1n[nH]nc1-c1ccc2cc(Cl)ccc2n1. The zero-order valence-corrected chi connectivity index (χ0v) is 11.9. The molecule has 1 N–H and O–H groups in total. The Morgan fingerprint density at radius 2 is 2.14 bits per heavy atom. The maximum atomic E-state index is 11.8. The van der Waals surface area contributed by atoms with Crippen LogP contribution >= 0.6 is 11.6 Å². The third kappa shape index (κ3) is 2.57. The predicted molar refractivity (Wildman–Crippen MR) is 78.1 cm³/mol. The number of aromatic nitrogens is 4. The lowest BCUT2D eigenvalue weighted by Gasteiger charge is -2.03. The number of carbonyl (C=O) groups is 1. The number of benzene rings is 1. The number of hydrogen-bond donors (Lipinski definition) is 1. The lowest BCUT2D eigenvalue weighted by atomic mass is 10.1. The summed E-state index contributed by atoms with van der Waals surface area (Å²) in [7, 11) is 0. The number of rotatable bonds is 3. The third-order valence-corrected chi connectivity index (χ3v) is 3.15. The Balaban J connectivity index is 2.07. The summed E-state index contributed by atoms with van der Waals surface area (Å²) >= 11 is 5.94. The van der Waals surface area contributed by atoms with Gasteiger partial charge in [0.15, 0.2) is 5.69 Å². The van der Waals surface area contributed by atoms with E-state index in [0.29, 0.717) is 16.4 Å². The second-order valence-corrected chi connectivity index (χ2v) is 4.71. The molecule has 0 saturated carbocycles. The molecule has 0 bridgehead atoms. The summed E-state index contributed by atoms with van der Waals surface area (Å²) in [6.07, 6.45) is 0. The van der Waals surface area contributed by atoms with Crippen LogP contribution in [-0.4, -0.2) is 33.0 Å². The van der Waals surface area contributed by atoms with Crippen molar-refractivity contribution in [3.63, 3.8) is 0 Å². The molecule has 106 valence electrons. The fourth-order valence-corrected chi connectivity index (χ4v) is 2.16. The number of nitrogens with one attached hydrogen (secondary N) is 1. The van der Waals surface area contributed by atoms with Crippen LogP contribution < -0.4 is 0 Å². The Hall–Kier alpha value is -2.47. The summed E-state index contributed by atoms with van der Waals surface area (Å²) in [4.78, 5) is 16.3. The van der Waals surface area contributed by atoms with Gasteiger partial charge < -0.3 is 4.74 Å². The Morgan fingerprint density at radius 1 is 1.29 bits per heavy atom. The molecule has 6 nitrogen and oxygen atoms in total. The van der Waals surface area contributed by atoms with E-state index in [4.69, 9.17) is 16.3 Å². The molecule has 0 atom stereocenters. The fourth-order valence-electron chi connectivity index (χ4n) is 1.98. The van der Waals surface area contributed by atoms with Gasteiger partial charge in [-0.3, -0.25) is 0 Å². The first-order valence-electron chi connectivity index (χ1n) is 6.33. The van der Waals surface area contributed by atoms with Gasteiger partial charge in [-0.25, -0.2) is 9.78 Å². The minimum absolute atomic E-state index is 0.123. The van der Waals surface area contributed by atoms with Crippen molar-refractivity contribution in [1.82, 2.24) is 20.4 Å². The summed E-state index contributed by atoms with van der Waals surface area (Å²) in [5.74, 6) is -0.528. The lowest BCUT2D eigenvalue weighted by molar-refractivity contribution is 0.0520. The zero-order chi connectivity index (χ0) is 14.8. The van der Waals surface area contributed by atoms with Crippen LogP contribution in [0.1, 0.15) is 17.4 Å². The van der Waals surface area contributed by atoms with E-state index in [-0.39, 0.29) is 12.3 Å². The molecule has 0 aliphatic carbocycles. The van der Waals surface area contributed by atoms with Crippen LogP contribution in [-0.2, 0) is 4.74 Å². The summed E-state index contributed by atoms with van der Waals surface area (Å²) in [5, 5.41) is 11.8. The van der Waals surface area contributed by atoms with Gasteiger partial charge in [0.25, 0.3) is 0 Å². The molecule has 0 aliphatic rings. The molecule has 0 unspecified atom stereocenters. The van der Waals surface area contributed by atoms with E-state index in [9.17, 15) is 4.79 Å². The van der Waals surface area contributed by atoms with Gasteiger partial charge in [-0.05, 0) is 31.2 Å². The highest BCUT2D eigenvalue weighted by Crippen LogP contribution is 2.23. The number of fused-ring (bicyclic) bond motifs is 1. The molecule has 7 heteroatoms. The van der Waals surface area contributed by atoms with Crippen LogP contribution in [0.2, 0.25) is 5.02 Å². The molecule has 0 aliphatic heterocycles. The van der Waals surface area contributed by atoms with Crippen LogP contribution in [0.15, 0.2) is 30.3 Å². The standard InChI is InChI=1S/C14H11ClN4O2/c1-2-21-14(20)13-12(17-19-18-13)11-5-3-8-7-9(15)4-6-10(8)16-11/h3-7H,2H2,1H3,(H,17,18,19). The fraction of sp³-hybridized carbons (Fsp3) is 0.143. The van der Waals surface area contributed by atoms with Crippen molar-refractivity contribution in [3.05, 3.63) is 41.0 Å². The first-order chi connectivity index (χ1) is 10.2. The molecule has 2 heterocycles. The summed E-state index contributed by atoms with van der Waals surface area (Å²) < 4.78 is 4.94. The third-order valence-electron chi connectivity index (χ3n) is 2.91. The van der Waals surface area contributed by atoms with Gasteiger partial charge in [-0.15, -0.1) is 5.10 Å². The van der Waals surface area contributed by atoms with E-state index in [1.165, 1.54) is 0 Å². The number of nitrogens with zero attached hydrogens (tertiary/aromatic N) is 3. The number of H-pyrrole nitrogens is 1. The number of halogens is 1. The molecule has 21 heavy (non-hydrogen) atoms. The van der Waals surface area contributed by atoms with E-state index in [1.807, 2.05) is 18.2 Å². The molecular weight excluding hydrogens is 292 g/mol. The van der Waals surface area contributed by atoms with Gasteiger partial charge >= 0.3 is 5.97 Å². The molecular formula is C14H11ClN4O2. The van der Waals surface area contributed by atoms with E-state index in [2.05, 4.69) is 20.4 Å². The average molecular weight is 303 g/mol. The van der Waals surface area contributed by atoms with Crippen LogP contribution in [0.3, 0.4) is 0 Å². The topological polar surface area (TPSA) is 80.8 Å². The lowest BCUT2D eigenvalue weighted by Crippen LogP contribution is -2.07. The first kappa shape index (κ1) is 13.5. The molecule has 2 aromatic heterocycles. The van der Waals surface area contributed by atoms with Gasteiger partial charge in [-0.2, -0.15) is 10.3 Å². The van der Waals surface area contributed by atoms with Crippen LogP contribution in [0.25, 0.3) is 22.3 Å². The van der Waals surface area contributed by atoms with Crippen molar-refractivity contribution in [1.29, 1.82) is 0 Å². The normalized spacial score (nSPS) is 10.8. The molecule has 0 saturated heterocycles. The monoisotopic (exact) mass is 302 g/mol. The zero-order valence-electron chi connectivity index (χ0n) is 11.1. The van der Waals surface area contributed by atoms with Crippen molar-refractivity contribution < 1.29 is 9.53 Å². The molecule has 0 radical (unpaired) electrons. The number of ether oxygens (including phenoxy) is 1. The predicted octanol–water partition coefficient (Wildman–Crippen LogP) is 2.85. The second-order valence-electron chi connectivity index (χ2n) is 4.27. The van der Waals surface area contributed by atoms with E-state index in [1.54, 1.807) is 19.1 Å². The van der Waals surface area contributed by atoms with Gasteiger partial charge in [0.1, 0.15) is 5.69 Å². The highest BCUT2D eigenvalue weighted by molar-refractivity contribution is 6.31. The number of aromatic amines is 1. The minimum atomic E-state index is -0.528. The number of pyridine rings is 1. The van der Waals surface area contributed by atoms with Crippen molar-refractivity contribution in [3.8, 4) is 11.4 Å². The van der Waals surface area contributed by atoms with Crippen molar-refractivity contribution in [2.24, 2.45) is 0 Å². The summed E-state index contributed by atoms with van der Waals surface area (Å²) in [5.41, 5.74) is 1.79. The van der Waals surface area contributed by atoms with Gasteiger partial charge in [0, 0.05) is 10.4 Å². The first-order valence-corrected chi connectivity index (χ1v) is 6.71. The van der Waals surface area contributed by atoms with Gasteiger partial charge in [0.05, 0.1) is 17.8 Å². The minimum Gasteiger partial charge on any atom is -0.461 e. The molecule has 3 aromatic rings. The van der Waals surface area contributed by atoms with E-state index < -0.39 is 5.97 Å². The van der Waals surface area contributed by atoms with E-state index >= 15 is 0 Å². The highest BCUT2D eigenvalue weighted by Gasteiger charge is 2.20. The molecule has 0 amide bonds. The quantitative estimate of drug-likeness (QED) is 0.752. The maximum Gasteiger partial charge on any atom is 0.361 e.